The highest BCUT2D eigenvalue weighted by Crippen LogP contribution is 2.54. The largest absolute Gasteiger partial charge is 0.280 e. The van der Waals surface area contributed by atoms with E-state index in [1.165, 1.54) is 18.7 Å². The van der Waals surface area contributed by atoms with Gasteiger partial charge in [-0.2, -0.15) is 13.5 Å². The van der Waals surface area contributed by atoms with Gasteiger partial charge in [-0.1, -0.05) is 0 Å². The topological polar surface area (TPSA) is 91.9 Å². The quantitative estimate of drug-likeness (QED) is 0.810. The van der Waals surface area contributed by atoms with Crippen LogP contribution < -0.4 is 4.72 Å². The summed E-state index contributed by atoms with van der Waals surface area (Å²) in [5, 5.41) is 5.82. The van der Waals surface area contributed by atoms with Gasteiger partial charge in [-0.15, -0.1) is 0 Å². The van der Waals surface area contributed by atoms with Crippen molar-refractivity contribution in [2.24, 2.45) is 17.8 Å². The lowest BCUT2D eigenvalue weighted by atomic mass is 10.0. The van der Waals surface area contributed by atoms with E-state index in [-0.39, 0.29) is 16.9 Å². The van der Waals surface area contributed by atoms with Gasteiger partial charge < -0.3 is 0 Å². The van der Waals surface area contributed by atoms with Crippen LogP contribution in [0.15, 0.2) is 17.3 Å². The van der Waals surface area contributed by atoms with E-state index in [0.29, 0.717) is 11.8 Å². The van der Waals surface area contributed by atoms with Crippen molar-refractivity contribution >= 4 is 15.9 Å². The summed E-state index contributed by atoms with van der Waals surface area (Å²) in [6.45, 7) is 0. The highest BCUT2D eigenvalue weighted by molar-refractivity contribution is 7.90. The van der Waals surface area contributed by atoms with Crippen LogP contribution in [-0.4, -0.2) is 24.5 Å². The molecule has 3 rings (SSSR count). The molecule has 2 fully saturated rings. The van der Waals surface area contributed by atoms with E-state index in [0.717, 1.165) is 12.8 Å². The molecule has 0 aromatic carbocycles. The fraction of sp³-hybridized carbons (Fsp3) is 0.600. The van der Waals surface area contributed by atoms with Crippen molar-refractivity contribution < 1.29 is 13.2 Å². The van der Waals surface area contributed by atoms with E-state index in [1.807, 2.05) is 0 Å². The average Bonchev–Trinajstić information content (AvgIpc) is 2.76. The third kappa shape index (κ3) is 1.95. The molecule has 92 valence electrons. The molecule has 7 heteroatoms. The molecule has 1 heterocycles. The summed E-state index contributed by atoms with van der Waals surface area (Å²) in [6, 6.07) is 1.32. The van der Waals surface area contributed by atoms with E-state index >= 15 is 0 Å². The first-order chi connectivity index (χ1) is 8.06. The van der Waals surface area contributed by atoms with Crippen molar-refractivity contribution in [3.8, 4) is 0 Å². The zero-order valence-electron chi connectivity index (χ0n) is 9.09. The SMILES string of the molecule is O=C(NS(=O)(=O)c1ccn[nH]1)C1C[C@@H]2C[C@@H]2C1. The first kappa shape index (κ1) is 10.8. The molecule has 2 N–H and O–H groups in total. The van der Waals surface area contributed by atoms with Crippen LogP contribution in [0, 0.1) is 17.8 Å². The molecular formula is C10H13N3O3S. The van der Waals surface area contributed by atoms with Gasteiger partial charge in [-0.3, -0.25) is 9.89 Å². The van der Waals surface area contributed by atoms with Crippen LogP contribution in [0.25, 0.3) is 0 Å². The maximum atomic E-state index is 11.8. The molecule has 0 aliphatic heterocycles. The van der Waals surface area contributed by atoms with Crippen LogP contribution in [0.3, 0.4) is 0 Å². The number of rotatable bonds is 3. The number of sulfonamides is 1. The fourth-order valence-electron chi connectivity index (χ4n) is 2.59. The van der Waals surface area contributed by atoms with Gasteiger partial charge in [0.15, 0.2) is 5.03 Å². The first-order valence-electron chi connectivity index (χ1n) is 5.62. The molecule has 2 aliphatic carbocycles. The molecule has 6 nitrogen and oxygen atoms in total. The molecule has 0 radical (unpaired) electrons. The maximum Gasteiger partial charge on any atom is 0.280 e. The number of nitrogens with zero attached hydrogens (tertiary/aromatic N) is 1. The van der Waals surface area contributed by atoms with Crippen molar-refractivity contribution in [3.05, 3.63) is 12.3 Å². The molecule has 3 atom stereocenters. The number of carbonyl (C=O) groups is 1. The Morgan fingerprint density at radius 3 is 2.65 bits per heavy atom. The van der Waals surface area contributed by atoms with Crippen molar-refractivity contribution in [2.75, 3.05) is 0 Å². The Hall–Kier alpha value is -1.37. The number of amides is 1. The number of aromatic amines is 1. The second kappa shape index (κ2) is 3.56. The lowest BCUT2D eigenvalue weighted by Crippen LogP contribution is -2.35. The van der Waals surface area contributed by atoms with Crippen molar-refractivity contribution in [1.82, 2.24) is 14.9 Å². The summed E-state index contributed by atoms with van der Waals surface area (Å²) in [5.74, 6) is 0.782. The highest BCUT2D eigenvalue weighted by atomic mass is 32.2. The summed E-state index contributed by atoms with van der Waals surface area (Å²) in [5.41, 5.74) is 0. The number of fused-ring (bicyclic) bond motifs is 1. The van der Waals surface area contributed by atoms with Crippen LogP contribution in [-0.2, 0) is 14.8 Å². The number of hydrogen-bond acceptors (Lipinski definition) is 4. The van der Waals surface area contributed by atoms with E-state index in [9.17, 15) is 13.2 Å². The van der Waals surface area contributed by atoms with E-state index in [2.05, 4.69) is 14.9 Å². The van der Waals surface area contributed by atoms with Crippen LogP contribution in [0.4, 0.5) is 0 Å². The minimum absolute atomic E-state index is 0.0750. The Balaban J connectivity index is 1.68. The van der Waals surface area contributed by atoms with Crippen molar-refractivity contribution in [3.63, 3.8) is 0 Å². The average molecular weight is 255 g/mol. The highest BCUT2D eigenvalue weighted by Gasteiger charge is 2.48. The van der Waals surface area contributed by atoms with Crippen molar-refractivity contribution in [1.29, 1.82) is 0 Å². The fourth-order valence-corrected chi connectivity index (χ4v) is 3.55. The Kier molecular flexibility index (Phi) is 2.25. The monoisotopic (exact) mass is 255 g/mol. The molecule has 1 amide bonds. The van der Waals surface area contributed by atoms with E-state index < -0.39 is 10.0 Å². The molecule has 1 unspecified atom stereocenters. The minimum Gasteiger partial charge on any atom is -0.274 e. The third-order valence-electron chi connectivity index (χ3n) is 3.61. The Morgan fingerprint density at radius 2 is 2.06 bits per heavy atom. The molecule has 2 saturated carbocycles. The van der Waals surface area contributed by atoms with Crippen LogP contribution >= 0.6 is 0 Å². The summed E-state index contributed by atoms with van der Waals surface area (Å²) in [6.07, 6.45) is 4.20. The van der Waals surface area contributed by atoms with Gasteiger partial charge in [0.05, 0.1) is 6.20 Å². The number of hydrogen-bond donors (Lipinski definition) is 2. The van der Waals surface area contributed by atoms with Gasteiger partial charge in [0.25, 0.3) is 10.0 Å². The van der Waals surface area contributed by atoms with E-state index in [4.69, 9.17) is 0 Å². The number of nitrogens with one attached hydrogen (secondary N) is 2. The van der Waals surface area contributed by atoms with Crippen LogP contribution in [0.1, 0.15) is 19.3 Å². The first-order valence-corrected chi connectivity index (χ1v) is 7.10. The van der Waals surface area contributed by atoms with E-state index in [1.54, 1.807) is 0 Å². The van der Waals surface area contributed by atoms with Gasteiger partial charge in [0, 0.05) is 5.92 Å². The van der Waals surface area contributed by atoms with Crippen LogP contribution in [0.2, 0.25) is 0 Å². The van der Waals surface area contributed by atoms with Crippen molar-refractivity contribution in [2.45, 2.75) is 24.3 Å². The second-order valence-corrected chi connectivity index (χ2v) is 6.47. The van der Waals surface area contributed by atoms with Crippen LogP contribution in [0.5, 0.6) is 0 Å². The normalized spacial score (nSPS) is 30.9. The van der Waals surface area contributed by atoms with Gasteiger partial charge in [0.2, 0.25) is 5.91 Å². The predicted molar refractivity (Wildman–Crippen MR) is 58.2 cm³/mol. The second-order valence-electron chi connectivity index (χ2n) is 4.81. The minimum atomic E-state index is -3.77. The molecule has 1 aromatic heterocycles. The lowest BCUT2D eigenvalue weighted by Gasteiger charge is -2.11. The predicted octanol–water partition coefficient (Wildman–Crippen LogP) is 0.261. The molecule has 2 aliphatic rings. The van der Waals surface area contributed by atoms with Gasteiger partial charge in [0.1, 0.15) is 0 Å². The zero-order chi connectivity index (χ0) is 12.0. The smallest absolute Gasteiger partial charge is 0.274 e. The molecule has 0 spiro atoms. The molecule has 17 heavy (non-hydrogen) atoms. The summed E-state index contributed by atoms with van der Waals surface area (Å²) in [4.78, 5) is 11.8. The molecule has 0 saturated heterocycles. The molecular weight excluding hydrogens is 242 g/mol. The molecule has 0 bridgehead atoms. The lowest BCUT2D eigenvalue weighted by molar-refractivity contribution is -0.123. The molecule has 1 aromatic rings. The Morgan fingerprint density at radius 1 is 1.35 bits per heavy atom. The van der Waals surface area contributed by atoms with Gasteiger partial charge in [-0.05, 0) is 37.2 Å². The number of aromatic nitrogens is 2. The number of carbonyl (C=O) groups excluding carboxylic acids is 1. The summed E-state index contributed by atoms with van der Waals surface area (Å²) in [7, 11) is -3.77. The summed E-state index contributed by atoms with van der Waals surface area (Å²) < 4.78 is 25.6. The number of H-pyrrole nitrogens is 1. The van der Waals surface area contributed by atoms with Gasteiger partial charge in [-0.25, -0.2) is 4.72 Å². The zero-order valence-corrected chi connectivity index (χ0v) is 9.90. The standard InChI is InChI=1S/C10H13N3O3S/c14-10(8-4-6-3-7(6)5-8)13-17(15,16)9-1-2-11-12-9/h1-2,6-8H,3-5H2,(H,11,12)(H,13,14)/t6-,7+,8?. The Labute approximate surface area is 98.8 Å². The maximum absolute atomic E-state index is 11.8. The third-order valence-corrected chi connectivity index (χ3v) is 4.89. The Bertz CT molecular complexity index is 527. The summed E-state index contributed by atoms with van der Waals surface area (Å²) >= 11 is 0. The van der Waals surface area contributed by atoms with Gasteiger partial charge >= 0.3 is 0 Å².